The van der Waals surface area contributed by atoms with E-state index in [1.54, 1.807) is 18.2 Å². The Kier molecular flexibility index (Phi) is 4.97. The van der Waals surface area contributed by atoms with Crippen LogP contribution in [0.5, 0.6) is 0 Å². The maximum absolute atomic E-state index is 12.4. The highest BCUT2D eigenvalue weighted by molar-refractivity contribution is 9.11. The molecule has 0 atom stereocenters. The fraction of sp³-hybridized carbons (Fsp3) is 0. The van der Waals surface area contributed by atoms with Crippen molar-refractivity contribution in [1.29, 1.82) is 0 Å². The molecule has 6 heteroatoms. The Morgan fingerprint density at radius 2 is 1.42 bits per heavy atom. The fourth-order valence-electron chi connectivity index (χ4n) is 2.34. The quantitative estimate of drug-likeness (QED) is 0.570. The van der Waals surface area contributed by atoms with Gasteiger partial charge in [-0.3, -0.25) is 20.4 Å². The predicted molar refractivity (Wildman–Crippen MR) is 101 cm³/mol. The van der Waals surface area contributed by atoms with Crippen molar-refractivity contribution in [2.75, 3.05) is 0 Å². The molecule has 0 bridgehead atoms. The number of carbonyl (C=O) groups excluding carboxylic acids is 2. The van der Waals surface area contributed by atoms with Gasteiger partial charge in [-0.15, -0.1) is 0 Å². The zero-order valence-electron chi connectivity index (χ0n) is 12.3. The van der Waals surface area contributed by atoms with E-state index in [-0.39, 0.29) is 5.91 Å². The predicted octanol–water partition coefficient (Wildman–Crippen LogP) is 4.44. The van der Waals surface area contributed by atoms with Crippen LogP contribution in [0.2, 0.25) is 0 Å². The molecule has 3 aromatic carbocycles. The van der Waals surface area contributed by atoms with E-state index >= 15 is 0 Å². The largest absolute Gasteiger partial charge is 0.270 e. The monoisotopic (exact) mass is 446 g/mol. The molecular weight excluding hydrogens is 436 g/mol. The number of hydrazine groups is 1. The second-order valence-electron chi connectivity index (χ2n) is 5.06. The van der Waals surface area contributed by atoms with Gasteiger partial charge < -0.3 is 0 Å². The molecule has 4 nitrogen and oxygen atoms in total. The lowest BCUT2D eigenvalue weighted by molar-refractivity contribution is 0.0847. The van der Waals surface area contributed by atoms with Gasteiger partial charge >= 0.3 is 0 Å². The van der Waals surface area contributed by atoms with E-state index in [1.165, 1.54) is 0 Å². The lowest BCUT2D eigenvalue weighted by Crippen LogP contribution is -2.41. The van der Waals surface area contributed by atoms with Crippen LogP contribution in [0.1, 0.15) is 20.7 Å². The number of hydrogen-bond acceptors (Lipinski definition) is 2. The van der Waals surface area contributed by atoms with Gasteiger partial charge in [0.05, 0.1) is 5.56 Å². The minimum atomic E-state index is -0.406. The minimum Gasteiger partial charge on any atom is -0.267 e. The highest BCUT2D eigenvalue weighted by Gasteiger charge is 2.13. The van der Waals surface area contributed by atoms with Gasteiger partial charge in [0.15, 0.2) is 0 Å². The van der Waals surface area contributed by atoms with Crippen LogP contribution < -0.4 is 10.9 Å². The van der Waals surface area contributed by atoms with Crippen molar-refractivity contribution in [2.45, 2.75) is 0 Å². The molecule has 0 saturated heterocycles. The summed E-state index contributed by atoms with van der Waals surface area (Å²) in [4.78, 5) is 24.6. The highest BCUT2D eigenvalue weighted by Crippen LogP contribution is 2.21. The van der Waals surface area contributed by atoms with Crippen LogP contribution in [-0.4, -0.2) is 11.8 Å². The number of nitrogens with one attached hydrogen (secondary N) is 2. The van der Waals surface area contributed by atoms with Crippen LogP contribution in [0, 0.1) is 0 Å². The van der Waals surface area contributed by atoms with Gasteiger partial charge in [0, 0.05) is 14.5 Å². The Bertz CT molecular complexity index is 936. The molecule has 0 heterocycles. The maximum Gasteiger partial charge on any atom is 0.270 e. The summed E-state index contributed by atoms with van der Waals surface area (Å²) < 4.78 is 1.42. The van der Waals surface area contributed by atoms with Crippen molar-refractivity contribution in [3.63, 3.8) is 0 Å². The molecule has 0 aliphatic heterocycles. The van der Waals surface area contributed by atoms with Gasteiger partial charge in [0.2, 0.25) is 0 Å². The Morgan fingerprint density at radius 1 is 0.750 bits per heavy atom. The molecule has 0 unspecified atom stereocenters. The molecule has 0 aliphatic rings. The Hall–Kier alpha value is -2.18. The van der Waals surface area contributed by atoms with Crippen molar-refractivity contribution < 1.29 is 9.59 Å². The lowest BCUT2D eigenvalue weighted by Gasteiger charge is -2.10. The molecule has 3 aromatic rings. The topological polar surface area (TPSA) is 58.2 Å². The van der Waals surface area contributed by atoms with Crippen molar-refractivity contribution in [2.24, 2.45) is 0 Å². The van der Waals surface area contributed by atoms with Crippen LogP contribution >= 0.6 is 31.9 Å². The molecule has 0 aliphatic carbocycles. The van der Waals surface area contributed by atoms with E-state index in [4.69, 9.17) is 0 Å². The second-order valence-corrected chi connectivity index (χ2v) is 6.83. The first-order valence-corrected chi connectivity index (χ1v) is 8.68. The van der Waals surface area contributed by atoms with E-state index < -0.39 is 5.91 Å². The Morgan fingerprint density at radius 3 is 2.21 bits per heavy atom. The van der Waals surface area contributed by atoms with Crippen LogP contribution in [0.3, 0.4) is 0 Å². The Labute approximate surface area is 155 Å². The molecule has 2 N–H and O–H groups in total. The SMILES string of the molecule is O=C(NNC(=O)c1cccc2ccccc12)c1cc(Br)ccc1Br. The summed E-state index contributed by atoms with van der Waals surface area (Å²) in [5.74, 6) is -0.775. The van der Waals surface area contributed by atoms with Gasteiger partial charge in [0.1, 0.15) is 0 Å². The number of carbonyl (C=O) groups is 2. The molecule has 0 spiro atoms. The fourth-order valence-corrected chi connectivity index (χ4v) is 3.13. The average molecular weight is 448 g/mol. The third-order valence-corrected chi connectivity index (χ3v) is 4.68. The molecule has 2 amide bonds. The smallest absolute Gasteiger partial charge is 0.267 e. The summed E-state index contributed by atoms with van der Waals surface area (Å²) >= 11 is 6.64. The third kappa shape index (κ3) is 3.49. The Balaban J connectivity index is 1.78. The summed E-state index contributed by atoms with van der Waals surface area (Å²) in [6.07, 6.45) is 0. The van der Waals surface area contributed by atoms with E-state index in [2.05, 4.69) is 42.7 Å². The van der Waals surface area contributed by atoms with E-state index in [1.807, 2.05) is 42.5 Å². The van der Waals surface area contributed by atoms with Crippen LogP contribution in [0.15, 0.2) is 69.6 Å². The van der Waals surface area contributed by atoms with Crippen molar-refractivity contribution in [1.82, 2.24) is 10.9 Å². The number of halogens is 2. The van der Waals surface area contributed by atoms with E-state index in [0.717, 1.165) is 15.2 Å². The van der Waals surface area contributed by atoms with Gasteiger partial charge in [-0.2, -0.15) is 0 Å². The zero-order valence-corrected chi connectivity index (χ0v) is 15.5. The van der Waals surface area contributed by atoms with Crippen LogP contribution in [0.4, 0.5) is 0 Å². The molecule has 0 fully saturated rings. The summed E-state index contributed by atoms with van der Waals surface area (Å²) in [6.45, 7) is 0. The number of hydrogen-bond donors (Lipinski definition) is 2. The zero-order chi connectivity index (χ0) is 17.1. The first kappa shape index (κ1) is 16.7. The molecule has 24 heavy (non-hydrogen) atoms. The summed E-state index contributed by atoms with van der Waals surface area (Å²) in [7, 11) is 0. The van der Waals surface area contributed by atoms with E-state index in [0.29, 0.717) is 15.6 Å². The summed E-state index contributed by atoms with van der Waals surface area (Å²) in [5.41, 5.74) is 5.82. The molecular formula is C18H12Br2N2O2. The molecule has 0 aromatic heterocycles. The van der Waals surface area contributed by atoms with E-state index in [9.17, 15) is 9.59 Å². The lowest BCUT2D eigenvalue weighted by atomic mass is 10.0. The van der Waals surface area contributed by atoms with Gasteiger partial charge in [0.25, 0.3) is 11.8 Å². The number of rotatable bonds is 2. The minimum absolute atomic E-state index is 0.369. The standard InChI is InChI=1S/C18H12Br2N2O2/c19-12-8-9-16(20)15(10-12)18(24)22-21-17(23)14-7-3-5-11-4-1-2-6-13(11)14/h1-10H,(H,21,23)(H,22,24). The first-order chi connectivity index (χ1) is 11.6. The number of amides is 2. The van der Waals surface area contributed by atoms with Gasteiger partial charge in [-0.25, -0.2) is 0 Å². The first-order valence-electron chi connectivity index (χ1n) is 7.10. The van der Waals surface area contributed by atoms with Crippen molar-refractivity contribution in [3.8, 4) is 0 Å². The van der Waals surface area contributed by atoms with Gasteiger partial charge in [-0.05, 0) is 51.0 Å². The second kappa shape index (κ2) is 7.15. The summed E-state index contributed by atoms with van der Waals surface area (Å²) in [6, 6.07) is 18.3. The molecule has 3 rings (SSSR count). The molecule has 120 valence electrons. The molecule has 0 radical (unpaired) electrons. The summed E-state index contributed by atoms with van der Waals surface area (Å²) in [5, 5.41) is 1.79. The highest BCUT2D eigenvalue weighted by atomic mass is 79.9. The van der Waals surface area contributed by atoms with Crippen LogP contribution in [0.25, 0.3) is 10.8 Å². The van der Waals surface area contributed by atoms with Gasteiger partial charge in [-0.1, -0.05) is 52.3 Å². The van der Waals surface area contributed by atoms with Crippen molar-refractivity contribution >= 4 is 54.4 Å². The number of fused-ring (bicyclic) bond motifs is 1. The average Bonchev–Trinajstić information content (AvgIpc) is 2.61. The molecule has 0 saturated carbocycles. The third-order valence-electron chi connectivity index (χ3n) is 3.50. The van der Waals surface area contributed by atoms with Crippen molar-refractivity contribution in [3.05, 3.63) is 80.7 Å². The maximum atomic E-state index is 12.4. The number of benzene rings is 3. The van der Waals surface area contributed by atoms with Crippen LogP contribution in [-0.2, 0) is 0 Å². The normalized spacial score (nSPS) is 10.4.